The summed E-state index contributed by atoms with van der Waals surface area (Å²) >= 11 is 1.36. The summed E-state index contributed by atoms with van der Waals surface area (Å²) in [6.07, 6.45) is 1.10. The highest BCUT2D eigenvalue weighted by Gasteiger charge is 2.13. The molecule has 2 heterocycles. The molecule has 6 nitrogen and oxygen atoms in total. The molecule has 0 radical (unpaired) electrons. The zero-order valence-corrected chi connectivity index (χ0v) is 18.6. The number of benzene rings is 2. The molecule has 1 N–H and O–H groups in total. The van der Waals surface area contributed by atoms with Crippen LogP contribution in [0.5, 0.6) is 0 Å². The molecule has 0 saturated carbocycles. The summed E-state index contributed by atoms with van der Waals surface area (Å²) in [6.45, 7) is 6.05. The van der Waals surface area contributed by atoms with Crippen LogP contribution in [0.1, 0.15) is 37.4 Å². The minimum Gasteiger partial charge on any atom is -0.300 e. The normalized spacial score (nSPS) is 12.1. The molecule has 2 aromatic heterocycles. The van der Waals surface area contributed by atoms with Crippen molar-refractivity contribution in [3.05, 3.63) is 75.5 Å². The smallest absolute Gasteiger partial charge is 0.275 e. The second-order valence-corrected chi connectivity index (χ2v) is 8.47. The lowest BCUT2D eigenvalue weighted by Gasteiger charge is -2.09. The van der Waals surface area contributed by atoms with Crippen LogP contribution in [0.3, 0.4) is 0 Å². The van der Waals surface area contributed by atoms with Gasteiger partial charge in [0.1, 0.15) is 6.54 Å². The van der Waals surface area contributed by atoms with Crippen molar-refractivity contribution in [1.82, 2.24) is 14.8 Å². The lowest BCUT2D eigenvalue weighted by Crippen LogP contribution is -2.30. The fourth-order valence-corrected chi connectivity index (χ4v) is 4.22. The van der Waals surface area contributed by atoms with Crippen molar-refractivity contribution in [2.24, 2.45) is 0 Å². The van der Waals surface area contributed by atoms with E-state index in [-0.39, 0.29) is 18.0 Å². The molecule has 0 aliphatic rings. The first-order chi connectivity index (χ1) is 15.0. The molecular weight excluding hydrogens is 408 g/mol. The van der Waals surface area contributed by atoms with E-state index in [4.69, 9.17) is 0 Å². The number of carbonyl (C=O) groups excluding carboxylic acids is 1. The molecule has 0 aliphatic carbocycles. The van der Waals surface area contributed by atoms with Crippen LogP contribution >= 0.6 is 11.3 Å². The molecule has 7 heteroatoms. The van der Waals surface area contributed by atoms with Crippen LogP contribution in [0.15, 0.2) is 58.7 Å². The number of aryl methyl sites for hydroxylation is 1. The number of hydrogen-bond acceptors (Lipinski definition) is 5. The minimum atomic E-state index is -0.336. The number of nitrogens with zero attached hydrogens (tertiary/aromatic N) is 3. The summed E-state index contributed by atoms with van der Waals surface area (Å²) in [6, 6.07) is 15.7. The Balaban J connectivity index is 1.48. The van der Waals surface area contributed by atoms with Gasteiger partial charge >= 0.3 is 0 Å². The number of anilines is 1. The molecular formula is C24H24N4O2S. The van der Waals surface area contributed by atoms with Crippen LogP contribution in [0.2, 0.25) is 0 Å². The number of nitrogens with one attached hydrogen (secondary N) is 1. The topological polar surface area (TPSA) is 76.9 Å². The largest absolute Gasteiger partial charge is 0.300 e. The number of amides is 1. The van der Waals surface area contributed by atoms with Gasteiger partial charge < -0.3 is 5.32 Å². The maximum atomic E-state index is 12.7. The summed E-state index contributed by atoms with van der Waals surface area (Å²) in [7, 11) is 0. The van der Waals surface area contributed by atoms with Gasteiger partial charge in [0.15, 0.2) is 5.13 Å². The van der Waals surface area contributed by atoms with E-state index >= 15 is 0 Å². The Hall–Kier alpha value is -3.32. The average molecular weight is 433 g/mol. The third-order valence-electron chi connectivity index (χ3n) is 5.48. The van der Waals surface area contributed by atoms with Gasteiger partial charge in [0.05, 0.1) is 16.8 Å². The van der Waals surface area contributed by atoms with E-state index in [0.717, 1.165) is 23.1 Å². The molecule has 1 unspecified atom stereocenters. The minimum absolute atomic E-state index is 0.164. The molecule has 0 saturated heterocycles. The molecule has 1 amide bonds. The first kappa shape index (κ1) is 20.9. The van der Waals surface area contributed by atoms with Gasteiger partial charge in [-0.05, 0) is 30.9 Å². The first-order valence-corrected chi connectivity index (χ1v) is 11.2. The van der Waals surface area contributed by atoms with Crippen molar-refractivity contribution in [2.45, 2.75) is 39.7 Å². The van der Waals surface area contributed by atoms with E-state index < -0.39 is 0 Å². The van der Waals surface area contributed by atoms with E-state index in [0.29, 0.717) is 22.1 Å². The maximum absolute atomic E-state index is 12.7. The zero-order chi connectivity index (χ0) is 22.0. The van der Waals surface area contributed by atoms with Crippen LogP contribution < -0.4 is 10.9 Å². The molecule has 2 aromatic carbocycles. The van der Waals surface area contributed by atoms with Gasteiger partial charge in [0.25, 0.3) is 5.56 Å². The monoisotopic (exact) mass is 432 g/mol. The Kier molecular flexibility index (Phi) is 5.95. The van der Waals surface area contributed by atoms with E-state index in [1.165, 1.54) is 21.6 Å². The average Bonchev–Trinajstić information content (AvgIpc) is 3.25. The summed E-state index contributed by atoms with van der Waals surface area (Å²) in [4.78, 5) is 29.7. The molecule has 0 aliphatic heterocycles. The van der Waals surface area contributed by atoms with Gasteiger partial charge in [-0.15, -0.1) is 11.3 Å². The van der Waals surface area contributed by atoms with E-state index in [2.05, 4.69) is 53.5 Å². The van der Waals surface area contributed by atoms with Gasteiger partial charge in [-0.1, -0.05) is 56.3 Å². The summed E-state index contributed by atoms with van der Waals surface area (Å²) in [5, 5.41) is 10.8. The van der Waals surface area contributed by atoms with Crippen molar-refractivity contribution in [1.29, 1.82) is 0 Å². The molecule has 1 atom stereocenters. The van der Waals surface area contributed by atoms with Crippen molar-refractivity contribution in [3.8, 4) is 11.3 Å². The fraction of sp³-hybridized carbons (Fsp3) is 0.250. The van der Waals surface area contributed by atoms with Gasteiger partial charge in [-0.2, -0.15) is 5.10 Å². The fourth-order valence-electron chi connectivity index (χ4n) is 3.49. The summed E-state index contributed by atoms with van der Waals surface area (Å²) < 4.78 is 1.20. The zero-order valence-electron chi connectivity index (χ0n) is 17.8. The highest BCUT2D eigenvalue weighted by atomic mass is 32.1. The van der Waals surface area contributed by atoms with Crippen LogP contribution in [-0.2, 0) is 11.3 Å². The second-order valence-electron chi connectivity index (χ2n) is 7.61. The van der Waals surface area contributed by atoms with Gasteiger partial charge in [0, 0.05) is 16.3 Å². The predicted molar refractivity (Wildman–Crippen MR) is 126 cm³/mol. The Morgan fingerprint density at radius 3 is 2.55 bits per heavy atom. The van der Waals surface area contributed by atoms with E-state index in [1.807, 2.05) is 24.4 Å². The molecule has 0 bridgehead atoms. The predicted octanol–water partition coefficient (Wildman–Crippen LogP) is 4.98. The van der Waals surface area contributed by atoms with Gasteiger partial charge in [-0.3, -0.25) is 9.59 Å². The van der Waals surface area contributed by atoms with E-state index in [1.54, 1.807) is 12.1 Å². The summed E-state index contributed by atoms with van der Waals surface area (Å²) in [5.41, 5.74) is 3.55. The van der Waals surface area contributed by atoms with Crippen LogP contribution in [-0.4, -0.2) is 20.7 Å². The highest BCUT2D eigenvalue weighted by Crippen LogP contribution is 2.27. The Bertz CT molecular complexity index is 1290. The second kappa shape index (κ2) is 8.81. The third-order valence-corrected chi connectivity index (χ3v) is 6.24. The standard InChI is InChI=1S/C24H24N4O2S/c1-4-15(2)17-9-11-18(12-10-17)21-14-31-24(25-21)26-22(29)13-28-23(30)20-8-6-5-7-19(20)16(3)27-28/h5-12,14-15H,4,13H2,1-3H3,(H,25,26,29). The van der Waals surface area contributed by atoms with Crippen LogP contribution in [0, 0.1) is 6.92 Å². The van der Waals surface area contributed by atoms with Gasteiger partial charge in [-0.25, -0.2) is 9.67 Å². The number of fused-ring (bicyclic) bond motifs is 1. The number of rotatable bonds is 6. The Labute approximate surface area is 184 Å². The molecule has 4 rings (SSSR count). The molecule has 0 fully saturated rings. The van der Waals surface area contributed by atoms with Crippen LogP contribution in [0.25, 0.3) is 22.0 Å². The first-order valence-electron chi connectivity index (χ1n) is 10.3. The van der Waals surface area contributed by atoms with Crippen molar-refractivity contribution in [3.63, 3.8) is 0 Å². The third kappa shape index (κ3) is 4.41. The molecule has 158 valence electrons. The maximum Gasteiger partial charge on any atom is 0.275 e. The molecule has 4 aromatic rings. The highest BCUT2D eigenvalue weighted by molar-refractivity contribution is 7.14. The summed E-state index contributed by atoms with van der Waals surface area (Å²) in [5.74, 6) is 0.187. The van der Waals surface area contributed by atoms with Crippen molar-refractivity contribution in [2.75, 3.05) is 5.32 Å². The number of aromatic nitrogens is 3. The Morgan fingerprint density at radius 2 is 1.84 bits per heavy atom. The SMILES string of the molecule is CCC(C)c1ccc(-c2csc(NC(=O)Cn3nc(C)c4ccccc4c3=O)n2)cc1. The van der Waals surface area contributed by atoms with Crippen molar-refractivity contribution >= 4 is 33.1 Å². The number of carbonyl (C=O) groups is 1. The molecule has 0 spiro atoms. The van der Waals surface area contributed by atoms with Crippen LogP contribution in [0.4, 0.5) is 5.13 Å². The number of thiazole rings is 1. The lowest BCUT2D eigenvalue weighted by molar-refractivity contribution is -0.117. The quantitative estimate of drug-likeness (QED) is 0.466. The van der Waals surface area contributed by atoms with E-state index in [9.17, 15) is 9.59 Å². The number of hydrogen-bond donors (Lipinski definition) is 1. The van der Waals surface area contributed by atoms with Crippen molar-refractivity contribution < 1.29 is 4.79 Å². The Morgan fingerprint density at radius 1 is 1.13 bits per heavy atom. The lowest BCUT2D eigenvalue weighted by atomic mass is 9.97. The molecule has 31 heavy (non-hydrogen) atoms. The van der Waals surface area contributed by atoms with Gasteiger partial charge in [0.2, 0.25) is 5.91 Å².